The maximum Gasteiger partial charge on any atom is 0.416 e. The Morgan fingerprint density at radius 2 is 1.92 bits per heavy atom. The molecular formula is C17H24F3N3O2. The monoisotopic (exact) mass is 359 g/mol. The minimum absolute atomic E-state index is 0.239. The summed E-state index contributed by atoms with van der Waals surface area (Å²) in [5.74, 6) is 0.362. The lowest BCUT2D eigenvalue weighted by Crippen LogP contribution is -2.39. The first-order valence-electron chi connectivity index (χ1n) is 8.01. The number of nitrogens with one attached hydrogen (secondary N) is 1. The van der Waals surface area contributed by atoms with E-state index in [1.54, 1.807) is 25.9 Å². The van der Waals surface area contributed by atoms with E-state index >= 15 is 0 Å². The molecule has 0 spiro atoms. The Labute approximate surface area is 145 Å². The van der Waals surface area contributed by atoms with Crippen molar-refractivity contribution in [2.45, 2.75) is 32.5 Å². The molecule has 0 radical (unpaired) electrons. The van der Waals surface area contributed by atoms with Gasteiger partial charge in [-0.15, -0.1) is 0 Å². The summed E-state index contributed by atoms with van der Waals surface area (Å²) >= 11 is 0. The minimum Gasteiger partial charge on any atom is -0.466 e. The van der Waals surface area contributed by atoms with E-state index in [4.69, 9.17) is 4.74 Å². The van der Waals surface area contributed by atoms with Gasteiger partial charge < -0.3 is 15.0 Å². The molecule has 5 nitrogen and oxygen atoms in total. The highest BCUT2D eigenvalue weighted by Gasteiger charge is 2.29. The summed E-state index contributed by atoms with van der Waals surface area (Å²) in [6.45, 7) is 3.08. The van der Waals surface area contributed by atoms with Crippen LogP contribution in [0.5, 0.6) is 0 Å². The number of benzene rings is 1. The third kappa shape index (κ3) is 7.45. The van der Waals surface area contributed by atoms with Gasteiger partial charge in [-0.05, 0) is 31.0 Å². The van der Waals surface area contributed by atoms with E-state index in [9.17, 15) is 18.0 Å². The van der Waals surface area contributed by atoms with Crippen LogP contribution < -0.4 is 5.32 Å². The van der Waals surface area contributed by atoms with E-state index in [1.165, 1.54) is 12.1 Å². The Balaban J connectivity index is 2.48. The fourth-order valence-corrected chi connectivity index (χ4v) is 2.20. The van der Waals surface area contributed by atoms with Crippen LogP contribution in [0.4, 0.5) is 13.2 Å². The fraction of sp³-hybridized carbons (Fsp3) is 0.529. The predicted molar refractivity (Wildman–Crippen MR) is 90.1 cm³/mol. The number of alkyl halides is 3. The van der Waals surface area contributed by atoms with E-state index in [1.807, 2.05) is 0 Å². The second-order valence-electron chi connectivity index (χ2n) is 5.43. The molecule has 1 aromatic rings. The van der Waals surface area contributed by atoms with Crippen molar-refractivity contribution in [3.05, 3.63) is 35.4 Å². The maximum atomic E-state index is 12.6. The number of rotatable bonds is 7. The number of guanidine groups is 1. The molecule has 1 aromatic carbocycles. The number of nitrogens with zero attached hydrogens (tertiary/aromatic N) is 2. The van der Waals surface area contributed by atoms with Gasteiger partial charge in [0, 0.05) is 33.6 Å². The van der Waals surface area contributed by atoms with Crippen LogP contribution in [-0.4, -0.2) is 44.1 Å². The summed E-state index contributed by atoms with van der Waals surface area (Å²) in [5.41, 5.74) is 0.0744. The van der Waals surface area contributed by atoms with Crippen LogP contribution >= 0.6 is 0 Å². The molecule has 1 rings (SSSR count). The number of esters is 1. The molecule has 0 saturated heterocycles. The zero-order valence-corrected chi connectivity index (χ0v) is 14.7. The highest BCUT2D eigenvalue weighted by Crippen LogP contribution is 2.29. The lowest BCUT2D eigenvalue weighted by molar-refractivity contribution is -0.143. The normalized spacial score (nSPS) is 12.0. The van der Waals surface area contributed by atoms with Gasteiger partial charge in [0.15, 0.2) is 5.96 Å². The summed E-state index contributed by atoms with van der Waals surface area (Å²) in [7, 11) is 3.41. The summed E-state index contributed by atoms with van der Waals surface area (Å²) in [5, 5.41) is 3.11. The van der Waals surface area contributed by atoms with Gasteiger partial charge in [0.2, 0.25) is 0 Å². The Kier molecular flexibility index (Phi) is 8.24. The molecule has 0 aliphatic heterocycles. The first-order valence-corrected chi connectivity index (χ1v) is 8.01. The summed E-state index contributed by atoms with van der Waals surface area (Å²) in [6.07, 6.45) is -3.41. The molecule has 0 amide bonds. The number of hydrogen-bond acceptors (Lipinski definition) is 3. The van der Waals surface area contributed by atoms with E-state index in [-0.39, 0.29) is 5.97 Å². The number of carbonyl (C=O) groups excluding carboxylic acids is 1. The van der Waals surface area contributed by atoms with Gasteiger partial charge in [-0.3, -0.25) is 9.79 Å². The van der Waals surface area contributed by atoms with Crippen LogP contribution in [0.1, 0.15) is 30.9 Å². The van der Waals surface area contributed by atoms with Crippen molar-refractivity contribution in [2.24, 2.45) is 4.99 Å². The van der Waals surface area contributed by atoms with Gasteiger partial charge in [-0.2, -0.15) is 13.2 Å². The van der Waals surface area contributed by atoms with Crippen molar-refractivity contribution < 1.29 is 22.7 Å². The highest BCUT2D eigenvalue weighted by molar-refractivity contribution is 5.79. The molecule has 25 heavy (non-hydrogen) atoms. The molecule has 0 saturated carbocycles. The standard InChI is InChI=1S/C17H24F3N3O2/c1-4-25-15(24)6-5-11-22-16(21-2)23(3)12-13-7-9-14(10-8-13)17(18,19)20/h7-10H,4-6,11-12H2,1-3H3,(H,21,22). The number of aliphatic imine (C=N–C) groups is 1. The lowest BCUT2D eigenvalue weighted by Gasteiger charge is -2.22. The quantitative estimate of drug-likeness (QED) is 0.352. The molecule has 8 heteroatoms. The average molecular weight is 359 g/mol. The van der Waals surface area contributed by atoms with Gasteiger partial charge in [0.1, 0.15) is 0 Å². The molecule has 1 N–H and O–H groups in total. The van der Waals surface area contributed by atoms with Gasteiger partial charge in [-0.25, -0.2) is 0 Å². The Morgan fingerprint density at radius 3 is 2.44 bits per heavy atom. The maximum absolute atomic E-state index is 12.6. The average Bonchev–Trinajstić information content (AvgIpc) is 2.54. The summed E-state index contributed by atoms with van der Waals surface area (Å²) in [6, 6.07) is 5.04. The minimum atomic E-state index is -4.33. The van der Waals surface area contributed by atoms with E-state index in [0.717, 1.165) is 17.7 Å². The molecule has 0 bridgehead atoms. The van der Waals surface area contributed by atoms with Gasteiger partial charge in [0.05, 0.1) is 12.2 Å². The predicted octanol–water partition coefficient (Wildman–Crippen LogP) is 3.06. The summed E-state index contributed by atoms with van der Waals surface area (Å²) in [4.78, 5) is 17.2. The van der Waals surface area contributed by atoms with Crippen molar-refractivity contribution in [3.63, 3.8) is 0 Å². The van der Waals surface area contributed by atoms with Crippen molar-refractivity contribution in [1.29, 1.82) is 0 Å². The van der Waals surface area contributed by atoms with Crippen molar-refractivity contribution in [1.82, 2.24) is 10.2 Å². The van der Waals surface area contributed by atoms with Crippen LogP contribution in [0.15, 0.2) is 29.3 Å². The Morgan fingerprint density at radius 1 is 1.28 bits per heavy atom. The van der Waals surface area contributed by atoms with Gasteiger partial charge in [0.25, 0.3) is 0 Å². The molecule has 0 aromatic heterocycles. The molecule has 0 aliphatic carbocycles. The van der Waals surface area contributed by atoms with E-state index in [0.29, 0.717) is 38.5 Å². The summed E-state index contributed by atoms with van der Waals surface area (Å²) < 4.78 is 42.6. The molecule has 0 fully saturated rings. The largest absolute Gasteiger partial charge is 0.466 e. The molecular weight excluding hydrogens is 335 g/mol. The van der Waals surface area contributed by atoms with Crippen molar-refractivity contribution in [2.75, 3.05) is 27.2 Å². The molecule has 0 heterocycles. The molecule has 0 aliphatic rings. The Hall–Kier alpha value is -2.25. The fourth-order valence-electron chi connectivity index (χ4n) is 2.20. The highest BCUT2D eigenvalue weighted by atomic mass is 19.4. The van der Waals surface area contributed by atoms with Crippen LogP contribution in [0.25, 0.3) is 0 Å². The van der Waals surface area contributed by atoms with Crippen LogP contribution in [0, 0.1) is 0 Å². The zero-order chi connectivity index (χ0) is 18.9. The van der Waals surface area contributed by atoms with Gasteiger partial charge in [-0.1, -0.05) is 12.1 Å². The number of carbonyl (C=O) groups is 1. The van der Waals surface area contributed by atoms with Crippen molar-refractivity contribution in [3.8, 4) is 0 Å². The third-order valence-electron chi connectivity index (χ3n) is 3.42. The first-order chi connectivity index (χ1) is 11.8. The van der Waals surface area contributed by atoms with E-state index < -0.39 is 11.7 Å². The lowest BCUT2D eigenvalue weighted by atomic mass is 10.1. The number of hydrogen-bond donors (Lipinski definition) is 1. The van der Waals surface area contributed by atoms with E-state index in [2.05, 4.69) is 10.3 Å². The third-order valence-corrected chi connectivity index (χ3v) is 3.42. The van der Waals surface area contributed by atoms with Crippen molar-refractivity contribution >= 4 is 11.9 Å². The molecule has 0 atom stereocenters. The van der Waals surface area contributed by atoms with Gasteiger partial charge >= 0.3 is 12.1 Å². The second kappa shape index (κ2) is 9.90. The number of halogens is 3. The SMILES string of the molecule is CCOC(=O)CCCNC(=NC)N(C)Cc1ccc(C(F)(F)F)cc1. The topological polar surface area (TPSA) is 53.9 Å². The molecule has 140 valence electrons. The second-order valence-corrected chi connectivity index (χ2v) is 5.43. The first kappa shape index (κ1) is 20.8. The van der Waals surface area contributed by atoms with Crippen LogP contribution in [0.3, 0.4) is 0 Å². The zero-order valence-electron chi connectivity index (χ0n) is 14.7. The van der Waals surface area contributed by atoms with Crippen LogP contribution in [0.2, 0.25) is 0 Å². The molecule has 0 unspecified atom stereocenters. The Bertz CT molecular complexity index is 571. The smallest absolute Gasteiger partial charge is 0.416 e. The van der Waals surface area contributed by atoms with Crippen LogP contribution in [-0.2, 0) is 22.3 Å². The number of ether oxygens (including phenoxy) is 1.